The molecule has 21 heavy (non-hydrogen) atoms. The molecule has 0 saturated heterocycles. The summed E-state index contributed by atoms with van der Waals surface area (Å²) in [7, 11) is 0. The highest BCUT2D eigenvalue weighted by Crippen LogP contribution is 2.16. The van der Waals surface area contributed by atoms with Crippen LogP contribution in [-0.2, 0) is 6.54 Å². The molecule has 0 amide bonds. The number of benzene rings is 1. The van der Waals surface area contributed by atoms with Gasteiger partial charge in [-0.15, -0.1) is 0 Å². The van der Waals surface area contributed by atoms with Crippen LogP contribution in [0.5, 0.6) is 0 Å². The molecule has 0 atom stereocenters. The molecule has 0 saturated carbocycles. The summed E-state index contributed by atoms with van der Waals surface area (Å²) in [4.78, 5) is 15.0. The van der Waals surface area contributed by atoms with Crippen molar-refractivity contribution in [3.8, 4) is 11.1 Å². The number of rotatable bonds is 5. The van der Waals surface area contributed by atoms with Gasteiger partial charge in [0.2, 0.25) is 0 Å². The highest BCUT2D eigenvalue weighted by Gasteiger charge is 2.03. The normalized spacial score (nSPS) is 11.4. The van der Waals surface area contributed by atoms with Crippen molar-refractivity contribution in [3.63, 3.8) is 0 Å². The average Bonchev–Trinajstić information content (AvgIpc) is 2.55. The van der Waals surface area contributed by atoms with Gasteiger partial charge in [0, 0.05) is 31.0 Å². The van der Waals surface area contributed by atoms with E-state index in [2.05, 4.69) is 28.8 Å². The maximum Gasteiger partial charge on any atom is 0.191 e. The molecule has 0 aliphatic heterocycles. The van der Waals surface area contributed by atoms with Gasteiger partial charge in [-0.3, -0.25) is 0 Å². The minimum atomic E-state index is 0.400. The molecule has 5 heteroatoms. The first-order chi connectivity index (χ1) is 10.2. The van der Waals surface area contributed by atoms with E-state index in [1.807, 2.05) is 47.6 Å². The third-order valence-corrected chi connectivity index (χ3v) is 3.28. The maximum atomic E-state index is 5.93. The number of hydrogen-bond acceptors (Lipinski definition) is 3. The van der Waals surface area contributed by atoms with Crippen molar-refractivity contribution in [1.82, 2.24) is 14.9 Å². The summed E-state index contributed by atoms with van der Waals surface area (Å²) in [6.45, 7) is 6.20. The zero-order valence-electron chi connectivity index (χ0n) is 12.5. The Morgan fingerprint density at radius 2 is 1.67 bits per heavy atom. The molecule has 1 heterocycles. The van der Waals surface area contributed by atoms with Crippen molar-refractivity contribution >= 4 is 5.96 Å². The van der Waals surface area contributed by atoms with Crippen LogP contribution in [0, 0.1) is 0 Å². The molecular formula is C16H21N5. The fraction of sp³-hybridized carbons (Fsp3) is 0.312. The van der Waals surface area contributed by atoms with E-state index in [4.69, 9.17) is 5.73 Å². The predicted octanol–water partition coefficient (Wildman–Crippen LogP) is 2.30. The van der Waals surface area contributed by atoms with E-state index in [1.54, 1.807) is 0 Å². The van der Waals surface area contributed by atoms with Crippen LogP contribution in [0.25, 0.3) is 11.1 Å². The Morgan fingerprint density at radius 1 is 1.05 bits per heavy atom. The lowest BCUT2D eigenvalue weighted by Gasteiger charge is -2.19. The largest absolute Gasteiger partial charge is 0.370 e. The van der Waals surface area contributed by atoms with Crippen molar-refractivity contribution in [2.45, 2.75) is 20.4 Å². The second kappa shape index (κ2) is 7.38. The van der Waals surface area contributed by atoms with Crippen LogP contribution >= 0.6 is 0 Å². The summed E-state index contributed by atoms with van der Waals surface area (Å²) in [6, 6.07) is 10.1. The van der Waals surface area contributed by atoms with Crippen molar-refractivity contribution < 1.29 is 0 Å². The van der Waals surface area contributed by atoms with E-state index in [9.17, 15) is 0 Å². The Hall–Kier alpha value is -2.43. The van der Waals surface area contributed by atoms with Crippen LogP contribution in [0.1, 0.15) is 19.7 Å². The number of guanidine groups is 1. The van der Waals surface area contributed by atoms with E-state index in [1.165, 1.54) is 0 Å². The Bertz CT molecular complexity index is 573. The van der Waals surface area contributed by atoms with Crippen molar-refractivity contribution in [2.75, 3.05) is 13.1 Å². The maximum absolute atomic E-state index is 5.93. The Labute approximate surface area is 125 Å². The third-order valence-electron chi connectivity index (χ3n) is 3.28. The molecule has 0 radical (unpaired) electrons. The fourth-order valence-corrected chi connectivity index (χ4v) is 2.02. The standard InChI is InChI=1S/C16H21N5/c1-3-21(4-2)16(17)20-12-15-18-10-14(11-19-15)13-8-6-5-7-9-13/h5-11H,3-4,12H2,1-2H3,(H2,17,20). The van der Waals surface area contributed by atoms with Gasteiger partial charge in [0.1, 0.15) is 12.4 Å². The minimum absolute atomic E-state index is 0.400. The fourth-order valence-electron chi connectivity index (χ4n) is 2.02. The van der Waals surface area contributed by atoms with Crippen LogP contribution in [0.2, 0.25) is 0 Å². The highest BCUT2D eigenvalue weighted by atomic mass is 15.2. The zero-order valence-corrected chi connectivity index (χ0v) is 12.5. The second-order valence-corrected chi connectivity index (χ2v) is 4.60. The van der Waals surface area contributed by atoms with Gasteiger partial charge in [-0.1, -0.05) is 30.3 Å². The van der Waals surface area contributed by atoms with Crippen LogP contribution in [0.3, 0.4) is 0 Å². The summed E-state index contributed by atoms with van der Waals surface area (Å²) in [5.41, 5.74) is 8.03. The molecule has 0 spiro atoms. The number of nitrogens with zero attached hydrogens (tertiary/aromatic N) is 4. The van der Waals surface area contributed by atoms with Crippen LogP contribution in [0.4, 0.5) is 0 Å². The van der Waals surface area contributed by atoms with Gasteiger partial charge >= 0.3 is 0 Å². The van der Waals surface area contributed by atoms with E-state index in [0.717, 1.165) is 24.2 Å². The van der Waals surface area contributed by atoms with Gasteiger partial charge in [-0.2, -0.15) is 0 Å². The molecule has 0 fully saturated rings. The molecule has 2 aromatic rings. The first kappa shape index (κ1) is 15.0. The smallest absolute Gasteiger partial charge is 0.191 e. The molecule has 2 rings (SSSR count). The van der Waals surface area contributed by atoms with Gasteiger partial charge in [0.05, 0.1) is 0 Å². The first-order valence-corrected chi connectivity index (χ1v) is 7.15. The first-order valence-electron chi connectivity index (χ1n) is 7.15. The summed E-state index contributed by atoms with van der Waals surface area (Å²) in [5.74, 6) is 1.21. The summed E-state index contributed by atoms with van der Waals surface area (Å²) in [6.07, 6.45) is 3.64. The number of hydrogen-bond donors (Lipinski definition) is 1. The molecule has 110 valence electrons. The quantitative estimate of drug-likeness (QED) is 0.675. The van der Waals surface area contributed by atoms with E-state index in [-0.39, 0.29) is 0 Å². The van der Waals surface area contributed by atoms with Gasteiger partial charge in [-0.05, 0) is 19.4 Å². The molecule has 2 N–H and O–H groups in total. The van der Waals surface area contributed by atoms with E-state index >= 15 is 0 Å². The second-order valence-electron chi connectivity index (χ2n) is 4.60. The third kappa shape index (κ3) is 4.02. The SMILES string of the molecule is CCN(CC)C(N)=NCc1ncc(-c2ccccc2)cn1. The van der Waals surface area contributed by atoms with E-state index < -0.39 is 0 Å². The molecule has 0 aliphatic carbocycles. The van der Waals surface area contributed by atoms with Gasteiger partial charge < -0.3 is 10.6 Å². The van der Waals surface area contributed by atoms with Crippen molar-refractivity contribution in [1.29, 1.82) is 0 Å². The summed E-state index contributed by atoms with van der Waals surface area (Å²) < 4.78 is 0. The van der Waals surface area contributed by atoms with Gasteiger partial charge in [0.25, 0.3) is 0 Å². The molecule has 1 aromatic carbocycles. The van der Waals surface area contributed by atoms with Gasteiger partial charge in [0.15, 0.2) is 5.96 Å². The number of aromatic nitrogens is 2. The lowest BCUT2D eigenvalue weighted by Crippen LogP contribution is -2.37. The molecule has 0 aliphatic rings. The van der Waals surface area contributed by atoms with Crippen LogP contribution in [0.15, 0.2) is 47.7 Å². The molecule has 0 unspecified atom stereocenters. The predicted molar refractivity (Wildman–Crippen MR) is 85.7 cm³/mol. The molecule has 5 nitrogen and oxygen atoms in total. The topological polar surface area (TPSA) is 67.4 Å². The van der Waals surface area contributed by atoms with Crippen LogP contribution < -0.4 is 5.73 Å². The number of nitrogens with two attached hydrogens (primary N) is 1. The Kier molecular flexibility index (Phi) is 5.26. The summed E-state index contributed by atoms with van der Waals surface area (Å²) in [5, 5.41) is 0. The number of aliphatic imine (C=N–C) groups is 1. The molecular weight excluding hydrogens is 262 g/mol. The van der Waals surface area contributed by atoms with Crippen molar-refractivity contribution in [3.05, 3.63) is 48.5 Å². The Balaban J connectivity index is 2.05. The lowest BCUT2D eigenvalue weighted by atomic mass is 10.1. The van der Waals surface area contributed by atoms with Crippen LogP contribution in [-0.4, -0.2) is 33.9 Å². The monoisotopic (exact) mass is 283 g/mol. The van der Waals surface area contributed by atoms with Crippen molar-refractivity contribution in [2.24, 2.45) is 10.7 Å². The Morgan fingerprint density at radius 3 is 2.24 bits per heavy atom. The molecule has 1 aromatic heterocycles. The zero-order chi connectivity index (χ0) is 15.1. The minimum Gasteiger partial charge on any atom is -0.370 e. The lowest BCUT2D eigenvalue weighted by molar-refractivity contribution is 0.458. The van der Waals surface area contributed by atoms with E-state index in [0.29, 0.717) is 18.3 Å². The summed E-state index contributed by atoms with van der Waals surface area (Å²) >= 11 is 0. The molecule has 0 bridgehead atoms. The van der Waals surface area contributed by atoms with Gasteiger partial charge in [-0.25, -0.2) is 15.0 Å². The average molecular weight is 283 g/mol. The highest BCUT2D eigenvalue weighted by molar-refractivity contribution is 5.77.